The molecule has 2 aromatic rings. The van der Waals surface area contributed by atoms with Gasteiger partial charge < -0.3 is 15.8 Å². The third-order valence-electron chi connectivity index (χ3n) is 2.75. The van der Waals surface area contributed by atoms with E-state index in [0.29, 0.717) is 32.4 Å². The molecule has 0 fully saturated rings. The molecule has 3 N–H and O–H groups in total. The highest BCUT2D eigenvalue weighted by molar-refractivity contribution is 8.02. The summed E-state index contributed by atoms with van der Waals surface area (Å²) in [6.45, 7) is 1.93. The van der Waals surface area contributed by atoms with Crippen molar-refractivity contribution >= 4 is 51.4 Å². The van der Waals surface area contributed by atoms with Gasteiger partial charge in [-0.2, -0.15) is 0 Å². The summed E-state index contributed by atoms with van der Waals surface area (Å²) in [6.07, 6.45) is 0.638. The molecule has 1 aromatic heterocycles. The molecule has 118 valence electrons. The largest absolute Gasteiger partial charge is 0.495 e. The van der Waals surface area contributed by atoms with E-state index in [4.69, 9.17) is 22.1 Å². The third-order valence-corrected chi connectivity index (χ3v) is 5.18. The Bertz CT molecular complexity index is 665. The standard InChI is InChI=1S/C13H15ClN4O2S2/c1-3-10(21-13-18-17-12(15)22-13)11(19)16-8-6-7(14)4-5-9(8)20-2/h4-6,10H,3H2,1-2H3,(H2,15,17)(H,16,19). The first-order valence-electron chi connectivity index (χ1n) is 6.43. The lowest BCUT2D eigenvalue weighted by Crippen LogP contribution is -2.24. The van der Waals surface area contributed by atoms with E-state index in [2.05, 4.69) is 15.5 Å². The van der Waals surface area contributed by atoms with Crippen LogP contribution in [-0.4, -0.2) is 28.5 Å². The van der Waals surface area contributed by atoms with Gasteiger partial charge in [0, 0.05) is 5.02 Å². The van der Waals surface area contributed by atoms with Crippen LogP contribution in [0.15, 0.2) is 22.5 Å². The van der Waals surface area contributed by atoms with Crippen LogP contribution < -0.4 is 15.8 Å². The highest BCUT2D eigenvalue weighted by atomic mass is 35.5. The summed E-state index contributed by atoms with van der Waals surface area (Å²) in [7, 11) is 1.54. The number of rotatable bonds is 6. The molecular weight excluding hydrogens is 344 g/mol. The lowest BCUT2D eigenvalue weighted by atomic mass is 10.2. The van der Waals surface area contributed by atoms with Crippen LogP contribution in [0.5, 0.6) is 5.75 Å². The lowest BCUT2D eigenvalue weighted by Gasteiger charge is -2.15. The van der Waals surface area contributed by atoms with Crippen molar-refractivity contribution in [2.24, 2.45) is 0 Å². The van der Waals surface area contributed by atoms with Gasteiger partial charge in [0.05, 0.1) is 18.0 Å². The second-order valence-corrected chi connectivity index (χ2v) is 7.15. The number of thioether (sulfide) groups is 1. The molecule has 0 spiro atoms. The average Bonchev–Trinajstić information content (AvgIpc) is 2.90. The number of ether oxygens (including phenoxy) is 1. The molecule has 0 radical (unpaired) electrons. The number of nitrogens with two attached hydrogens (primary N) is 1. The van der Waals surface area contributed by atoms with Crippen molar-refractivity contribution in [1.82, 2.24) is 10.2 Å². The van der Waals surface area contributed by atoms with Crippen molar-refractivity contribution in [2.45, 2.75) is 22.9 Å². The van der Waals surface area contributed by atoms with Crippen molar-refractivity contribution in [3.05, 3.63) is 23.2 Å². The third kappa shape index (κ3) is 4.25. The van der Waals surface area contributed by atoms with E-state index in [9.17, 15) is 4.79 Å². The zero-order valence-corrected chi connectivity index (χ0v) is 14.4. The molecule has 0 saturated heterocycles. The molecule has 1 amide bonds. The molecule has 1 aromatic carbocycles. The van der Waals surface area contributed by atoms with Crippen molar-refractivity contribution in [3.63, 3.8) is 0 Å². The summed E-state index contributed by atoms with van der Waals surface area (Å²) in [6, 6.07) is 5.06. The molecule has 0 bridgehead atoms. The predicted octanol–water partition coefficient (Wildman–Crippen LogP) is 3.29. The van der Waals surface area contributed by atoms with Gasteiger partial charge in [-0.1, -0.05) is 41.6 Å². The Hall–Kier alpha value is -1.51. The Morgan fingerprint density at radius 2 is 2.32 bits per heavy atom. The summed E-state index contributed by atoms with van der Waals surface area (Å²) < 4.78 is 5.88. The molecular formula is C13H15ClN4O2S2. The minimum atomic E-state index is -0.309. The number of carbonyl (C=O) groups excluding carboxylic acids is 1. The van der Waals surface area contributed by atoms with E-state index in [1.807, 2.05) is 6.92 Å². The number of benzene rings is 1. The van der Waals surface area contributed by atoms with Crippen LogP contribution in [0.2, 0.25) is 5.02 Å². The van der Waals surface area contributed by atoms with Gasteiger partial charge in [0.25, 0.3) is 0 Å². The molecule has 6 nitrogen and oxygen atoms in total. The number of aromatic nitrogens is 2. The molecule has 1 heterocycles. The zero-order chi connectivity index (χ0) is 16.1. The van der Waals surface area contributed by atoms with E-state index in [0.717, 1.165) is 0 Å². The smallest absolute Gasteiger partial charge is 0.238 e. The Kier molecular flexibility index (Phi) is 5.87. The Morgan fingerprint density at radius 3 is 2.91 bits per heavy atom. The fourth-order valence-corrected chi connectivity index (χ4v) is 3.68. The van der Waals surface area contributed by atoms with Gasteiger partial charge in [-0.3, -0.25) is 4.79 Å². The maximum atomic E-state index is 12.4. The van der Waals surface area contributed by atoms with Crippen LogP contribution in [0.1, 0.15) is 13.3 Å². The highest BCUT2D eigenvalue weighted by Crippen LogP contribution is 2.32. The Balaban J connectivity index is 2.10. The van der Waals surface area contributed by atoms with Gasteiger partial charge in [0.2, 0.25) is 11.0 Å². The Labute approximate surface area is 141 Å². The number of methoxy groups -OCH3 is 1. The van der Waals surface area contributed by atoms with E-state index < -0.39 is 0 Å². The van der Waals surface area contributed by atoms with Gasteiger partial charge in [0.1, 0.15) is 5.75 Å². The predicted molar refractivity (Wildman–Crippen MR) is 90.9 cm³/mol. The van der Waals surface area contributed by atoms with Crippen molar-refractivity contribution in [2.75, 3.05) is 18.2 Å². The number of nitrogens with zero attached hydrogens (tertiary/aromatic N) is 2. The van der Waals surface area contributed by atoms with E-state index in [-0.39, 0.29) is 11.2 Å². The summed E-state index contributed by atoms with van der Waals surface area (Å²) in [4.78, 5) is 12.4. The van der Waals surface area contributed by atoms with Gasteiger partial charge >= 0.3 is 0 Å². The summed E-state index contributed by atoms with van der Waals surface area (Å²) >= 11 is 8.55. The van der Waals surface area contributed by atoms with Crippen molar-refractivity contribution in [3.8, 4) is 5.75 Å². The maximum absolute atomic E-state index is 12.4. The first-order valence-corrected chi connectivity index (χ1v) is 8.51. The van der Waals surface area contributed by atoms with E-state index >= 15 is 0 Å². The van der Waals surface area contributed by atoms with Crippen LogP contribution in [0, 0.1) is 0 Å². The SMILES string of the molecule is CCC(Sc1nnc(N)s1)C(=O)Nc1cc(Cl)ccc1OC. The molecule has 22 heavy (non-hydrogen) atoms. The number of amides is 1. The molecule has 0 aliphatic heterocycles. The molecule has 0 saturated carbocycles. The molecule has 1 atom stereocenters. The molecule has 0 aliphatic carbocycles. The number of nitrogen functional groups attached to an aromatic ring is 1. The van der Waals surface area contributed by atoms with Gasteiger partial charge in [-0.15, -0.1) is 10.2 Å². The number of anilines is 2. The van der Waals surface area contributed by atoms with E-state index in [1.54, 1.807) is 18.2 Å². The number of carbonyl (C=O) groups is 1. The molecule has 0 aliphatic rings. The fourth-order valence-electron chi connectivity index (χ4n) is 1.70. The van der Waals surface area contributed by atoms with Gasteiger partial charge in [-0.25, -0.2) is 0 Å². The minimum Gasteiger partial charge on any atom is -0.495 e. The number of nitrogens with one attached hydrogen (secondary N) is 1. The van der Waals surface area contributed by atoms with Crippen LogP contribution in [-0.2, 0) is 4.79 Å². The van der Waals surface area contributed by atoms with E-state index in [1.165, 1.54) is 30.2 Å². The summed E-state index contributed by atoms with van der Waals surface area (Å²) in [5.41, 5.74) is 6.09. The summed E-state index contributed by atoms with van der Waals surface area (Å²) in [5.74, 6) is 0.402. The number of halogens is 1. The Morgan fingerprint density at radius 1 is 1.55 bits per heavy atom. The van der Waals surface area contributed by atoms with Crippen LogP contribution in [0.4, 0.5) is 10.8 Å². The monoisotopic (exact) mass is 358 g/mol. The topological polar surface area (TPSA) is 90.1 Å². The van der Waals surface area contributed by atoms with Crippen molar-refractivity contribution < 1.29 is 9.53 Å². The van der Waals surface area contributed by atoms with Crippen LogP contribution in [0.25, 0.3) is 0 Å². The fraction of sp³-hybridized carbons (Fsp3) is 0.308. The van der Waals surface area contributed by atoms with Gasteiger partial charge in [-0.05, 0) is 24.6 Å². The second kappa shape index (κ2) is 7.66. The maximum Gasteiger partial charge on any atom is 0.238 e. The first-order chi connectivity index (χ1) is 10.5. The minimum absolute atomic E-state index is 0.151. The quantitative estimate of drug-likeness (QED) is 0.770. The lowest BCUT2D eigenvalue weighted by molar-refractivity contribution is -0.115. The highest BCUT2D eigenvalue weighted by Gasteiger charge is 2.21. The van der Waals surface area contributed by atoms with Gasteiger partial charge in [0.15, 0.2) is 4.34 Å². The average molecular weight is 359 g/mol. The zero-order valence-electron chi connectivity index (χ0n) is 12.0. The molecule has 9 heteroatoms. The molecule has 1 unspecified atom stereocenters. The second-order valence-electron chi connectivity index (χ2n) is 4.25. The van der Waals surface area contributed by atoms with Crippen LogP contribution >= 0.6 is 34.7 Å². The number of hydrogen-bond donors (Lipinski definition) is 2. The normalized spacial score (nSPS) is 12.0. The van der Waals surface area contributed by atoms with Crippen molar-refractivity contribution in [1.29, 1.82) is 0 Å². The summed E-state index contributed by atoms with van der Waals surface area (Å²) in [5, 5.41) is 11.1. The molecule has 2 rings (SSSR count). The van der Waals surface area contributed by atoms with Crippen LogP contribution in [0.3, 0.4) is 0 Å². The number of hydrogen-bond acceptors (Lipinski definition) is 7. The first kappa shape index (κ1) is 16.9.